The zero-order chi connectivity index (χ0) is 16.6. The Hall–Kier alpha value is -2.80. The van der Waals surface area contributed by atoms with Crippen molar-refractivity contribution in [1.29, 1.82) is 0 Å². The van der Waals surface area contributed by atoms with Gasteiger partial charge in [-0.25, -0.2) is 0 Å². The summed E-state index contributed by atoms with van der Waals surface area (Å²) in [6.07, 6.45) is 6.01. The fourth-order valence-electron chi connectivity index (χ4n) is 3.18. The molecule has 0 spiro atoms. The number of benzene rings is 1. The van der Waals surface area contributed by atoms with Gasteiger partial charge < -0.3 is 9.30 Å². The topological polar surface area (TPSA) is 48.3 Å². The highest BCUT2D eigenvalue weighted by Gasteiger charge is 2.34. The molecule has 0 aliphatic carbocycles. The van der Waals surface area contributed by atoms with E-state index in [1.54, 1.807) is 24.3 Å². The largest absolute Gasteiger partial charge is 0.469 e. The van der Waals surface area contributed by atoms with Gasteiger partial charge in [-0.15, -0.1) is 6.42 Å². The van der Waals surface area contributed by atoms with Crippen molar-refractivity contribution in [3.8, 4) is 12.3 Å². The number of carbonyl (C=O) groups is 2. The molecule has 0 saturated heterocycles. The summed E-state index contributed by atoms with van der Waals surface area (Å²) in [5.41, 5.74) is 3.70. The molecule has 4 heteroatoms. The lowest BCUT2D eigenvalue weighted by Crippen LogP contribution is -2.12. The van der Waals surface area contributed by atoms with Crippen molar-refractivity contribution in [2.75, 3.05) is 7.11 Å². The van der Waals surface area contributed by atoms with Crippen LogP contribution in [0.2, 0.25) is 0 Å². The Bertz CT molecular complexity index is 822. The van der Waals surface area contributed by atoms with Crippen LogP contribution < -0.4 is 0 Å². The fourth-order valence-corrected chi connectivity index (χ4v) is 3.18. The first-order valence-corrected chi connectivity index (χ1v) is 7.46. The number of methoxy groups -OCH3 is 1. The van der Waals surface area contributed by atoms with Gasteiger partial charge in [-0.05, 0) is 49.2 Å². The van der Waals surface area contributed by atoms with Gasteiger partial charge in [0.15, 0.2) is 0 Å². The predicted octanol–water partition coefficient (Wildman–Crippen LogP) is 2.67. The molecule has 2 heterocycles. The highest BCUT2D eigenvalue weighted by Crippen LogP contribution is 2.34. The molecule has 23 heavy (non-hydrogen) atoms. The van der Waals surface area contributed by atoms with Crippen molar-refractivity contribution in [2.45, 2.75) is 25.8 Å². The molecular weight excluding hydrogens is 290 g/mol. The Labute approximate surface area is 135 Å². The van der Waals surface area contributed by atoms with Crippen LogP contribution >= 0.6 is 0 Å². The molecule has 0 N–H and O–H groups in total. The molecule has 0 bridgehead atoms. The highest BCUT2D eigenvalue weighted by molar-refractivity contribution is 6.09. The smallest absolute Gasteiger partial charge is 0.314 e. The van der Waals surface area contributed by atoms with E-state index in [1.807, 2.05) is 17.6 Å². The minimum atomic E-state index is -0.288. The van der Waals surface area contributed by atoms with Crippen LogP contribution in [0.15, 0.2) is 30.3 Å². The van der Waals surface area contributed by atoms with Gasteiger partial charge in [0.2, 0.25) is 5.78 Å². The zero-order valence-corrected chi connectivity index (χ0v) is 13.1. The first-order valence-electron chi connectivity index (χ1n) is 7.46. The summed E-state index contributed by atoms with van der Waals surface area (Å²) in [4.78, 5) is 24.7. The average molecular weight is 307 g/mol. The standard InChI is InChI=1S/C19H17NO3/c1-4-13-5-7-14(8-6-13)18(21)17-12(2)11-16-15(19(22)23-3)9-10-20(16)17/h1,5-8,11,15H,9-10H2,2-3H3. The molecule has 1 aromatic carbocycles. The second-order valence-electron chi connectivity index (χ2n) is 5.67. The molecule has 0 fully saturated rings. The third-order valence-electron chi connectivity index (χ3n) is 4.33. The fraction of sp³-hybridized carbons (Fsp3) is 0.263. The molecule has 1 aliphatic rings. The summed E-state index contributed by atoms with van der Waals surface area (Å²) in [6.45, 7) is 2.54. The highest BCUT2D eigenvalue weighted by atomic mass is 16.5. The summed E-state index contributed by atoms with van der Waals surface area (Å²) in [7, 11) is 1.39. The molecule has 3 rings (SSSR count). The van der Waals surface area contributed by atoms with Gasteiger partial charge >= 0.3 is 5.97 Å². The maximum atomic E-state index is 12.8. The number of terminal acetylenes is 1. The van der Waals surface area contributed by atoms with Crippen LogP contribution in [0.25, 0.3) is 0 Å². The minimum absolute atomic E-state index is 0.0529. The van der Waals surface area contributed by atoms with E-state index >= 15 is 0 Å². The summed E-state index contributed by atoms with van der Waals surface area (Å²) in [5, 5.41) is 0. The van der Waals surface area contributed by atoms with Gasteiger partial charge in [-0.2, -0.15) is 0 Å². The van der Waals surface area contributed by atoms with Crippen molar-refractivity contribution < 1.29 is 14.3 Å². The van der Waals surface area contributed by atoms with Crippen LogP contribution in [0.4, 0.5) is 0 Å². The van der Waals surface area contributed by atoms with Gasteiger partial charge in [0.1, 0.15) is 0 Å². The summed E-state index contributed by atoms with van der Waals surface area (Å²) in [5.74, 6) is 1.95. The molecule has 2 aromatic rings. The molecule has 1 aromatic heterocycles. The lowest BCUT2D eigenvalue weighted by atomic mass is 10.0. The molecule has 1 atom stereocenters. The number of ketones is 1. The number of hydrogen-bond donors (Lipinski definition) is 0. The number of nitrogens with zero attached hydrogens (tertiary/aromatic N) is 1. The Morgan fingerprint density at radius 2 is 2.00 bits per heavy atom. The Kier molecular flexibility index (Phi) is 3.79. The Morgan fingerprint density at radius 1 is 1.30 bits per heavy atom. The van der Waals surface area contributed by atoms with Crippen LogP contribution in [-0.4, -0.2) is 23.4 Å². The maximum Gasteiger partial charge on any atom is 0.314 e. The maximum absolute atomic E-state index is 12.8. The summed E-state index contributed by atoms with van der Waals surface area (Å²) < 4.78 is 6.79. The van der Waals surface area contributed by atoms with E-state index in [1.165, 1.54) is 7.11 Å². The van der Waals surface area contributed by atoms with Gasteiger partial charge in [-0.3, -0.25) is 9.59 Å². The van der Waals surface area contributed by atoms with Crippen molar-refractivity contribution >= 4 is 11.8 Å². The van der Waals surface area contributed by atoms with Crippen LogP contribution in [-0.2, 0) is 16.1 Å². The normalized spacial score (nSPS) is 15.8. The predicted molar refractivity (Wildman–Crippen MR) is 86.4 cm³/mol. The van der Waals surface area contributed by atoms with Gasteiger partial charge in [0, 0.05) is 23.4 Å². The Morgan fingerprint density at radius 3 is 2.61 bits per heavy atom. The SMILES string of the molecule is C#Cc1ccc(C(=O)c2c(C)cc3n2CCC3C(=O)OC)cc1. The van der Waals surface area contributed by atoms with Crippen molar-refractivity contribution in [3.05, 3.63) is 58.4 Å². The lowest BCUT2D eigenvalue weighted by molar-refractivity contribution is -0.142. The first kappa shape index (κ1) is 15.1. The number of aromatic nitrogens is 1. The number of esters is 1. The van der Waals surface area contributed by atoms with E-state index in [2.05, 4.69) is 5.92 Å². The second-order valence-corrected chi connectivity index (χ2v) is 5.67. The monoisotopic (exact) mass is 307 g/mol. The van der Waals surface area contributed by atoms with E-state index in [4.69, 9.17) is 11.2 Å². The Balaban J connectivity index is 2.00. The van der Waals surface area contributed by atoms with E-state index < -0.39 is 0 Å². The summed E-state index contributed by atoms with van der Waals surface area (Å²) in [6, 6.07) is 8.91. The van der Waals surface area contributed by atoms with Crippen molar-refractivity contribution in [3.63, 3.8) is 0 Å². The van der Waals surface area contributed by atoms with Crippen LogP contribution in [0.3, 0.4) is 0 Å². The number of rotatable bonds is 3. The summed E-state index contributed by atoms with van der Waals surface area (Å²) >= 11 is 0. The molecule has 1 aliphatic heterocycles. The van der Waals surface area contributed by atoms with Crippen molar-refractivity contribution in [1.82, 2.24) is 4.57 Å². The molecule has 0 radical (unpaired) electrons. The van der Waals surface area contributed by atoms with Crippen LogP contribution in [0.1, 0.15) is 45.2 Å². The molecule has 1 unspecified atom stereocenters. The number of carbonyl (C=O) groups excluding carboxylic acids is 2. The molecule has 0 amide bonds. The van der Waals surface area contributed by atoms with Crippen LogP contribution in [0, 0.1) is 19.3 Å². The molecule has 0 saturated carbocycles. The lowest BCUT2D eigenvalue weighted by Gasteiger charge is -2.07. The van der Waals surface area contributed by atoms with Crippen molar-refractivity contribution in [2.24, 2.45) is 0 Å². The van der Waals surface area contributed by atoms with Gasteiger partial charge in [0.25, 0.3) is 0 Å². The van der Waals surface area contributed by atoms with E-state index in [-0.39, 0.29) is 17.7 Å². The molecular formula is C19H17NO3. The van der Waals surface area contributed by atoms with Gasteiger partial charge in [0.05, 0.1) is 18.7 Å². The number of hydrogen-bond acceptors (Lipinski definition) is 3. The number of aryl methyl sites for hydroxylation is 1. The second kappa shape index (κ2) is 5.77. The third kappa shape index (κ3) is 2.44. The quantitative estimate of drug-likeness (QED) is 0.497. The van der Waals surface area contributed by atoms with Gasteiger partial charge in [-0.1, -0.05) is 5.92 Å². The average Bonchev–Trinajstić information content (AvgIpc) is 3.11. The molecule has 4 nitrogen and oxygen atoms in total. The molecule has 116 valence electrons. The van der Waals surface area contributed by atoms with Crippen LogP contribution in [0.5, 0.6) is 0 Å². The van der Waals surface area contributed by atoms with E-state index in [9.17, 15) is 9.59 Å². The third-order valence-corrected chi connectivity index (χ3v) is 4.33. The number of fused-ring (bicyclic) bond motifs is 1. The zero-order valence-electron chi connectivity index (χ0n) is 13.1. The number of ether oxygens (including phenoxy) is 1. The first-order chi connectivity index (χ1) is 11.1. The minimum Gasteiger partial charge on any atom is -0.469 e. The van der Waals surface area contributed by atoms with E-state index in [0.717, 1.165) is 16.8 Å². The van der Waals surface area contributed by atoms with E-state index in [0.29, 0.717) is 24.2 Å².